The molecule has 2 rings (SSSR count). The van der Waals surface area contributed by atoms with Crippen molar-refractivity contribution >= 4 is 11.8 Å². The molecule has 2 heterocycles. The molecular formula is C10H16N2O2. The molecule has 2 aliphatic heterocycles. The predicted octanol–water partition coefficient (Wildman–Crippen LogP) is 0.276. The molecule has 2 aliphatic rings. The Labute approximate surface area is 83.6 Å². The van der Waals surface area contributed by atoms with Crippen LogP contribution in [-0.4, -0.2) is 35.3 Å². The van der Waals surface area contributed by atoms with Crippen LogP contribution in [0, 0.1) is 0 Å². The SMILES string of the molecule is CCNC(=O)C1CCC2CCC(=O)N21. The third kappa shape index (κ3) is 1.38. The van der Waals surface area contributed by atoms with E-state index in [2.05, 4.69) is 5.32 Å². The topological polar surface area (TPSA) is 49.4 Å². The van der Waals surface area contributed by atoms with Crippen LogP contribution in [0.25, 0.3) is 0 Å². The smallest absolute Gasteiger partial charge is 0.242 e. The van der Waals surface area contributed by atoms with Crippen LogP contribution < -0.4 is 5.32 Å². The predicted molar refractivity (Wildman–Crippen MR) is 51.6 cm³/mol. The molecule has 2 fully saturated rings. The summed E-state index contributed by atoms with van der Waals surface area (Å²) in [4.78, 5) is 24.9. The molecule has 2 amide bonds. The van der Waals surface area contributed by atoms with E-state index in [1.165, 1.54) is 0 Å². The highest BCUT2D eigenvalue weighted by molar-refractivity contribution is 5.89. The third-order valence-corrected chi connectivity index (χ3v) is 3.14. The van der Waals surface area contributed by atoms with Crippen molar-refractivity contribution < 1.29 is 9.59 Å². The largest absolute Gasteiger partial charge is 0.355 e. The van der Waals surface area contributed by atoms with Gasteiger partial charge in [0.2, 0.25) is 11.8 Å². The lowest BCUT2D eigenvalue weighted by molar-refractivity contribution is -0.136. The summed E-state index contributed by atoms with van der Waals surface area (Å²) in [5, 5.41) is 2.79. The summed E-state index contributed by atoms with van der Waals surface area (Å²) in [7, 11) is 0. The van der Waals surface area contributed by atoms with Gasteiger partial charge < -0.3 is 10.2 Å². The van der Waals surface area contributed by atoms with Gasteiger partial charge in [0, 0.05) is 19.0 Å². The number of amides is 2. The quantitative estimate of drug-likeness (QED) is 0.689. The zero-order valence-electron chi connectivity index (χ0n) is 8.45. The first-order valence-electron chi connectivity index (χ1n) is 5.33. The van der Waals surface area contributed by atoms with Crippen molar-refractivity contribution in [3.63, 3.8) is 0 Å². The maximum Gasteiger partial charge on any atom is 0.242 e. The van der Waals surface area contributed by atoms with E-state index in [0.29, 0.717) is 19.0 Å². The second kappa shape index (κ2) is 3.59. The Bertz CT molecular complexity index is 265. The molecule has 2 unspecified atom stereocenters. The minimum atomic E-state index is -0.185. The number of nitrogens with zero attached hydrogens (tertiary/aromatic N) is 1. The maximum atomic E-state index is 11.6. The van der Waals surface area contributed by atoms with Crippen molar-refractivity contribution in [1.82, 2.24) is 10.2 Å². The van der Waals surface area contributed by atoms with Crippen LogP contribution in [0.1, 0.15) is 32.6 Å². The zero-order chi connectivity index (χ0) is 10.1. The van der Waals surface area contributed by atoms with E-state index in [1.807, 2.05) is 6.92 Å². The van der Waals surface area contributed by atoms with Gasteiger partial charge >= 0.3 is 0 Å². The fourth-order valence-electron chi connectivity index (χ4n) is 2.51. The average Bonchev–Trinajstić information content (AvgIpc) is 2.70. The van der Waals surface area contributed by atoms with Crippen LogP contribution in [0.2, 0.25) is 0 Å². The van der Waals surface area contributed by atoms with Crippen molar-refractivity contribution in [1.29, 1.82) is 0 Å². The monoisotopic (exact) mass is 196 g/mol. The Morgan fingerprint density at radius 2 is 2.29 bits per heavy atom. The second-order valence-electron chi connectivity index (χ2n) is 3.98. The highest BCUT2D eigenvalue weighted by Gasteiger charge is 2.43. The van der Waals surface area contributed by atoms with Crippen LogP contribution in [0.3, 0.4) is 0 Å². The van der Waals surface area contributed by atoms with Crippen molar-refractivity contribution in [2.45, 2.75) is 44.7 Å². The van der Waals surface area contributed by atoms with E-state index in [4.69, 9.17) is 0 Å². The summed E-state index contributed by atoms with van der Waals surface area (Å²) in [5.41, 5.74) is 0. The molecule has 78 valence electrons. The molecule has 14 heavy (non-hydrogen) atoms. The van der Waals surface area contributed by atoms with Gasteiger partial charge in [-0.3, -0.25) is 9.59 Å². The number of carbonyl (C=O) groups is 2. The molecule has 0 aromatic rings. The number of likely N-dealkylation sites (N-methyl/N-ethyl adjacent to an activating group) is 1. The van der Waals surface area contributed by atoms with Crippen molar-refractivity contribution in [3.8, 4) is 0 Å². The molecule has 0 bridgehead atoms. The van der Waals surface area contributed by atoms with Gasteiger partial charge in [-0.1, -0.05) is 0 Å². The van der Waals surface area contributed by atoms with Crippen molar-refractivity contribution in [2.24, 2.45) is 0 Å². The van der Waals surface area contributed by atoms with Crippen LogP contribution in [0.4, 0.5) is 0 Å². The summed E-state index contributed by atoms with van der Waals surface area (Å²) in [6, 6.07) is 0.157. The maximum absolute atomic E-state index is 11.6. The van der Waals surface area contributed by atoms with Crippen LogP contribution in [0.15, 0.2) is 0 Å². The zero-order valence-corrected chi connectivity index (χ0v) is 8.45. The standard InChI is InChI=1S/C10H16N2O2/c1-2-11-10(14)8-5-3-7-4-6-9(13)12(7)8/h7-8H,2-6H2,1H3,(H,11,14). The molecule has 0 aromatic heterocycles. The number of carbonyl (C=O) groups excluding carboxylic acids is 2. The minimum absolute atomic E-state index is 0.0188. The highest BCUT2D eigenvalue weighted by atomic mass is 16.2. The molecule has 2 atom stereocenters. The van der Waals surface area contributed by atoms with E-state index >= 15 is 0 Å². The fraction of sp³-hybridized carbons (Fsp3) is 0.800. The Morgan fingerprint density at radius 3 is 3.00 bits per heavy atom. The minimum Gasteiger partial charge on any atom is -0.355 e. The molecule has 0 aromatic carbocycles. The van der Waals surface area contributed by atoms with Gasteiger partial charge in [-0.05, 0) is 26.2 Å². The molecule has 0 aliphatic carbocycles. The van der Waals surface area contributed by atoms with Gasteiger partial charge in [0.05, 0.1) is 0 Å². The Morgan fingerprint density at radius 1 is 1.50 bits per heavy atom. The molecule has 0 radical (unpaired) electrons. The molecule has 2 saturated heterocycles. The van der Waals surface area contributed by atoms with Gasteiger partial charge in [0.1, 0.15) is 6.04 Å². The summed E-state index contributed by atoms with van der Waals surface area (Å²) < 4.78 is 0. The van der Waals surface area contributed by atoms with Gasteiger partial charge in [-0.2, -0.15) is 0 Å². The number of fused-ring (bicyclic) bond motifs is 1. The van der Waals surface area contributed by atoms with Crippen LogP contribution >= 0.6 is 0 Å². The number of hydrogen-bond acceptors (Lipinski definition) is 2. The van der Waals surface area contributed by atoms with E-state index in [0.717, 1.165) is 19.3 Å². The third-order valence-electron chi connectivity index (χ3n) is 3.14. The first kappa shape index (κ1) is 9.49. The molecule has 4 nitrogen and oxygen atoms in total. The lowest BCUT2D eigenvalue weighted by Gasteiger charge is -2.23. The van der Waals surface area contributed by atoms with Gasteiger partial charge in [-0.15, -0.1) is 0 Å². The highest BCUT2D eigenvalue weighted by Crippen LogP contribution is 2.33. The molecule has 4 heteroatoms. The normalized spacial score (nSPS) is 30.6. The van der Waals surface area contributed by atoms with Gasteiger partial charge in [-0.25, -0.2) is 0 Å². The van der Waals surface area contributed by atoms with E-state index in [9.17, 15) is 9.59 Å². The summed E-state index contributed by atoms with van der Waals surface area (Å²) in [5.74, 6) is 0.175. The van der Waals surface area contributed by atoms with E-state index in [-0.39, 0.29) is 17.9 Å². The lowest BCUT2D eigenvalue weighted by atomic mass is 10.1. The van der Waals surface area contributed by atoms with Gasteiger partial charge in [0.15, 0.2) is 0 Å². The summed E-state index contributed by atoms with van der Waals surface area (Å²) >= 11 is 0. The number of hydrogen-bond donors (Lipinski definition) is 1. The fourth-order valence-corrected chi connectivity index (χ4v) is 2.51. The van der Waals surface area contributed by atoms with Gasteiger partial charge in [0.25, 0.3) is 0 Å². The lowest BCUT2D eigenvalue weighted by Crippen LogP contribution is -2.45. The average molecular weight is 196 g/mol. The van der Waals surface area contributed by atoms with Crippen molar-refractivity contribution in [2.75, 3.05) is 6.54 Å². The van der Waals surface area contributed by atoms with E-state index < -0.39 is 0 Å². The Hall–Kier alpha value is -1.06. The molecule has 1 N–H and O–H groups in total. The van der Waals surface area contributed by atoms with Crippen LogP contribution in [0.5, 0.6) is 0 Å². The molecule has 0 saturated carbocycles. The van der Waals surface area contributed by atoms with E-state index in [1.54, 1.807) is 4.90 Å². The summed E-state index contributed by atoms with van der Waals surface area (Å²) in [6.07, 6.45) is 3.39. The second-order valence-corrected chi connectivity index (χ2v) is 3.98. The molecular weight excluding hydrogens is 180 g/mol. The first-order valence-corrected chi connectivity index (χ1v) is 5.33. The number of rotatable bonds is 2. The first-order chi connectivity index (χ1) is 6.74. The summed E-state index contributed by atoms with van der Waals surface area (Å²) in [6.45, 7) is 2.54. The van der Waals surface area contributed by atoms with Crippen molar-refractivity contribution in [3.05, 3.63) is 0 Å². The number of nitrogens with one attached hydrogen (secondary N) is 1. The Balaban J connectivity index is 2.06. The Kier molecular flexibility index (Phi) is 2.44. The molecule has 0 spiro atoms. The van der Waals surface area contributed by atoms with Crippen LogP contribution in [-0.2, 0) is 9.59 Å².